The van der Waals surface area contributed by atoms with E-state index in [0.29, 0.717) is 16.5 Å². The molecule has 0 aliphatic carbocycles. The van der Waals surface area contributed by atoms with Gasteiger partial charge in [0.25, 0.3) is 0 Å². The van der Waals surface area contributed by atoms with Gasteiger partial charge in [-0.25, -0.2) is 14.8 Å². The first-order chi connectivity index (χ1) is 10.1. The molecule has 4 nitrogen and oxygen atoms in total. The molecule has 0 spiro atoms. The SMILES string of the molecule is Cc1nc(C)c(C(=O)O)c(SCCCc2ccccc2)n1. The maximum atomic E-state index is 11.3. The van der Waals surface area contributed by atoms with Crippen LogP contribution in [-0.4, -0.2) is 26.8 Å². The van der Waals surface area contributed by atoms with Crippen molar-refractivity contribution in [3.63, 3.8) is 0 Å². The molecule has 5 heteroatoms. The Morgan fingerprint density at radius 1 is 1.19 bits per heavy atom. The van der Waals surface area contributed by atoms with E-state index >= 15 is 0 Å². The molecule has 0 fully saturated rings. The van der Waals surface area contributed by atoms with Gasteiger partial charge in [-0.15, -0.1) is 11.8 Å². The van der Waals surface area contributed by atoms with Crippen molar-refractivity contribution in [2.45, 2.75) is 31.7 Å². The van der Waals surface area contributed by atoms with Gasteiger partial charge in [-0.05, 0) is 38.0 Å². The van der Waals surface area contributed by atoms with Gasteiger partial charge in [0.05, 0.1) is 5.69 Å². The van der Waals surface area contributed by atoms with E-state index in [1.54, 1.807) is 13.8 Å². The molecule has 110 valence electrons. The van der Waals surface area contributed by atoms with Crippen molar-refractivity contribution in [1.29, 1.82) is 0 Å². The first-order valence-corrected chi connectivity index (χ1v) is 7.81. The summed E-state index contributed by atoms with van der Waals surface area (Å²) < 4.78 is 0. The van der Waals surface area contributed by atoms with Crippen LogP contribution in [0.2, 0.25) is 0 Å². The molecule has 0 radical (unpaired) electrons. The van der Waals surface area contributed by atoms with Crippen LogP contribution < -0.4 is 0 Å². The summed E-state index contributed by atoms with van der Waals surface area (Å²) in [5, 5.41) is 9.85. The van der Waals surface area contributed by atoms with E-state index in [1.807, 2.05) is 18.2 Å². The lowest BCUT2D eigenvalue weighted by molar-refractivity contribution is 0.0690. The fourth-order valence-corrected chi connectivity index (χ4v) is 3.18. The van der Waals surface area contributed by atoms with Crippen LogP contribution in [0.4, 0.5) is 0 Å². The Balaban J connectivity index is 1.98. The highest BCUT2D eigenvalue weighted by molar-refractivity contribution is 7.99. The summed E-state index contributed by atoms with van der Waals surface area (Å²) in [6, 6.07) is 10.3. The third-order valence-corrected chi connectivity index (χ3v) is 4.14. The summed E-state index contributed by atoms with van der Waals surface area (Å²) in [5.74, 6) is 0.492. The number of rotatable bonds is 6. The molecule has 0 bridgehead atoms. The second-order valence-electron chi connectivity index (χ2n) is 4.78. The zero-order valence-electron chi connectivity index (χ0n) is 12.2. The van der Waals surface area contributed by atoms with E-state index in [4.69, 9.17) is 0 Å². The van der Waals surface area contributed by atoms with Crippen molar-refractivity contribution in [3.8, 4) is 0 Å². The topological polar surface area (TPSA) is 63.1 Å². The predicted octanol–water partition coefficient (Wildman–Crippen LogP) is 3.52. The van der Waals surface area contributed by atoms with Gasteiger partial charge in [0, 0.05) is 0 Å². The maximum absolute atomic E-state index is 11.3. The van der Waals surface area contributed by atoms with Gasteiger partial charge in [-0.2, -0.15) is 0 Å². The Morgan fingerprint density at radius 3 is 2.57 bits per heavy atom. The molecule has 2 aromatic rings. The van der Waals surface area contributed by atoms with E-state index < -0.39 is 5.97 Å². The fraction of sp³-hybridized carbons (Fsp3) is 0.312. The van der Waals surface area contributed by atoms with Crippen molar-refractivity contribution in [3.05, 3.63) is 53.0 Å². The smallest absolute Gasteiger partial charge is 0.340 e. The molecule has 0 aliphatic rings. The minimum atomic E-state index is -0.960. The number of benzene rings is 1. The van der Waals surface area contributed by atoms with E-state index in [1.165, 1.54) is 17.3 Å². The highest BCUT2D eigenvalue weighted by atomic mass is 32.2. The van der Waals surface area contributed by atoms with Gasteiger partial charge in [0.1, 0.15) is 16.4 Å². The average Bonchev–Trinajstić information content (AvgIpc) is 2.43. The van der Waals surface area contributed by atoms with Gasteiger partial charge < -0.3 is 5.11 Å². The minimum Gasteiger partial charge on any atom is -0.478 e. The van der Waals surface area contributed by atoms with Crippen LogP contribution in [-0.2, 0) is 6.42 Å². The lowest BCUT2D eigenvalue weighted by Crippen LogP contribution is -2.08. The average molecular weight is 302 g/mol. The standard InChI is InChI=1S/C16H18N2O2S/c1-11-14(16(19)20)15(18-12(2)17-11)21-10-6-9-13-7-4-3-5-8-13/h3-5,7-8H,6,9-10H2,1-2H3,(H,19,20). The number of thioether (sulfide) groups is 1. The lowest BCUT2D eigenvalue weighted by Gasteiger charge is -2.08. The number of carboxylic acids is 1. The highest BCUT2D eigenvalue weighted by Gasteiger charge is 2.17. The number of carboxylic acid groups (broad SMARTS) is 1. The van der Waals surface area contributed by atoms with Crippen molar-refractivity contribution in [1.82, 2.24) is 9.97 Å². The van der Waals surface area contributed by atoms with Crippen molar-refractivity contribution >= 4 is 17.7 Å². The first kappa shape index (κ1) is 15.5. The predicted molar refractivity (Wildman–Crippen MR) is 84.0 cm³/mol. The second-order valence-corrected chi connectivity index (χ2v) is 5.86. The van der Waals surface area contributed by atoms with Crippen LogP contribution in [0.25, 0.3) is 0 Å². The number of nitrogens with zero attached hydrogens (tertiary/aromatic N) is 2. The Hall–Kier alpha value is -1.88. The van der Waals surface area contributed by atoms with Gasteiger partial charge in [-0.3, -0.25) is 0 Å². The number of hydrogen-bond donors (Lipinski definition) is 1. The maximum Gasteiger partial charge on any atom is 0.340 e. The quantitative estimate of drug-likeness (QED) is 0.502. The number of aromatic nitrogens is 2. The summed E-state index contributed by atoms with van der Waals surface area (Å²) in [5.41, 5.74) is 2.05. The Kier molecular flexibility index (Phi) is 5.33. The van der Waals surface area contributed by atoms with Crippen LogP contribution in [0.5, 0.6) is 0 Å². The molecule has 2 rings (SSSR count). The fourth-order valence-electron chi connectivity index (χ4n) is 2.12. The van der Waals surface area contributed by atoms with Gasteiger partial charge >= 0.3 is 5.97 Å². The van der Waals surface area contributed by atoms with E-state index in [2.05, 4.69) is 22.1 Å². The molecule has 1 N–H and O–H groups in total. The Labute approximate surface area is 128 Å². The van der Waals surface area contributed by atoms with E-state index in [0.717, 1.165) is 18.6 Å². The number of aromatic carboxylic acids is 1. The molecule has 1 aromatic heterocycles. The number of carbonyl (C=O) groups is 1. The van der Waals surface area contributed by atoms with Gasteiger partial charge in [-0.1, -0.05) is 30.3 Å². The third kappa shape index (κ3) is 4.29. The van der Waals surface area contributed by atoms with Crippen LogP contribution in [0, 0.1) is 13.8 Å². The summed E-state index contributed by atoms with van der Waals surface area (Å²) in [7, 11) is 0. The molecular weight excluding hydrogens is 284 g/mol. The van der Waals surface area contributed by atoms with E-state index in [-0.39, 0.29) is 5.56 Å². The van der Waals surface area contributed by atoms with Crippen LogP contribution in [0.1, 0.15) is 33.9 Å². The van der Waals surface area contributed by atoms with Crippen LogP contribution in [0.15, 0.2) is 35.4 Å². The molecule has 0 unspecified atom stereocenters. The summed E-state index contributed by atoms with van der Waals surface area (Å²) in [6.07, 6.45) is 1.97. The van der Waals surface area contributed by atoms with Crippen molar-refractivity contribution in [2.24, 2.45) is 0 Å². The summed E-state index contributed by atoms with van der Waals surface area (Å²) in [4.78, 5) is 19.7. The molecule has 0 saturated carbocycles. The molecular formula is C16H18N2O2S. The Morgan fingerprint density at radius 2 is 1.90 bits per heavy atom. The Bertz CT molecular complexity index is 630. The molecule has 0 saturated heterocycles. The van der Waals surface area contributed by atoms with Gasteiger partial charge in [0.2, 0.25) is 0 Å². The number of hydrogen-bond acceptors (Lipinski definition) is 4. The normalized spacial score (nSPS) is 10.6. The van der Waals surface area contributed by atoms with Gasteiger partial charge in [0.15, 0.2) is 0 Å². The molecule has 0 aliphatic heterocycles. The molecule has 0 atom stereocenters. The largest absolute Gasteiger partial charge is 0.478 e. The molecule has 1 aromatic carbocycles. The zero-order valence-corrected chi connectivity index (χ0v) is 13.0. The second kappa shape index (κ2) is 7.22. The van der Waals surface area contributed by atoms with Crippen molar-refractivity contribution < 1.29 is 9.90 Å². The molecule has 21 heavy (non-hydrogen) atoms. The molecule has 0 amide bonds. The first-order valence-electron chi connectivity index (χ1n) is 6.83. The van der Waals surface area contributed by atoms with Crippen LogP contribution in [0.3, 0.4) is 0 Å². The minimum absolute atomic E-state index is 0.227. The summed E-state index contributed by atoms with van der Waals surface area (Å²) >= 11 is 1.49. The third-order valence-electron chi connectivity index (χ3n) is 3.07. The van der Waals surface area contributed by atoms with Crippen molar-refractivity contribution in [2.75, 3.05) is 5.75 Å². The lowest BCUT2D eigenvalue weighted by atomic mass is 10.1. The van der Waals surface area contributed by atoms with E-state index in [9.17, 15) is 9.90 Å². The molecule has 1 heterocycles. The monoisotopic (exact) mass is 302 g/mol. The van der Waals surface area contributed by atoms with Crippen LogP contribution >= 0.6 is 11.8 Å². The zero-order chi connectivity index (χ0) is 15.2. The highest BCUT2D eigenvalue weighted by Crippen LogP contribution is 2.24. The number of aryl methyl sites for hydroxylation is 3. The summed E-state index contributed by atoms with van der Waals surface area (Å²) in [6.45, 7) is 3.50.